The quantitative estimate of drug-likeness (QED) is 0.747. The number of aromatic nitrogens is 1. The van der Waals surface area contributed by atoms with E-state index in [1.807, 2.05) is 0 Å². The van der Waals surface area contributed by atoms with Crippen LogP contribution in [0.1, 0.15) is 13.8 Å². The highest BCUT2D eigenvalue weighted by molar-refractivity contribution is 5.92. The van der Waals surface area contributed by atoms with Gasteiger partial charge in [0.05, 0.1) is 19.0 Å². The summed E-state index contributed by atoms with van der Waals surface area (Å²) in [6, 6.07) is 1.67. The summed E-state index contributed by atoms with van der Waals surface area (Å²) in [6.07, 6.45) is 1.42. The van der Waals surface area contributed by atoms with E-state index >= 15 is 0 Å². The summed E-state index contributed by atoms with van der Waals surface area (Å²) in [7, 11) is 1.49. The molecule has 104 valence electrons. The number of ether oxygens (including phenoxy) is 1. The highest BCUT2D eigenvalue weighted by Gasteiger charge is 2.23. The first-order chi connectivity index (χ1) is 8.93. The molecule has 1 aromatic rings. The molecule has 7 nitrogen and oxygen atoms in total. The van der Waals surface area contributed by atoms with Crippen molar-refractivity contribution in [2.75, 3.05) is 12.4 Å². The zero-order chi connectivity index (χ0) is 14.4. The lowest BCUT2D eigenvalue weighted by Gasteiger charge is -2.18. The Labute approximate surface area is 111 Å². The van der Waals surface area contributed by atoms with Crippen LogP contribution in [0.25, 0.3) is 0 Å². The second-order valence-electron chi connectivity index (χ2n) is 4.25. The van der Waals surface area contributed by atoms with Crippen molar-refractivity contribution in [1.82, 2.24) is 10.3 Å². The van der Waals surface area contributed by atoms with Gasteiger partial charge in [0, 0.05) is 6.07 Å². The SMILES string of the molecule is COc1ccc(NC(=O)NC(C(=O)O)C(C)C)cn1. The molecule has 1 unspecified atom stereocenters. The Bertz CT molecular complexity index is 445. The van der Waals surface area contributed by atoms with E-state index in [-0.39, 0.29) is 5.92 Å². The number of hydrogen-bond acceptors (Lipinski definition) is 4. The molecule has 0 aliphatic carbocycles. The summed E-state index contributed by atoms with van der Waals surface area (Å²) in [5.74, 6) is -0.855. The standard InChI is InChI=1S/C12H17N3O4/c1-7(2)10(11(16)17)15-12(18)14-8-4-5-9(19-3)13-6-8/h4-7,10H,1-3H3,(H,16,17)(H2,14,15,18). The molecule has 0 spiro atoms. The van der Waals surface area contributed by atoms with Crippen molar-refractivity contribution in [3.8, 4) is 5.88 Å². The Hall–Kier alpha value is -2.31. The van der Waals surface area contributed by atoms with Gasteiger partial charge in [-0.25, -0.2) is 14.6 Å². The van der Waals surface area contributed by atoms with Gasteiger partial charge < -0.3 is 20.5 Å². The molecule has 0 saturated carbocycles. The van der Waals surface area contributed by atoms with E-state index in [0.29, 0.717) is 11.6 Å². The fourth-order valence-corrected chi connectivity index (χ4v) is 1.40. The van der Waals surface area contributed by atoms with Crippen molar-refractivity contribution in [2.24, 2.45) is 5.92 Å². The van der Waals surface area contributed by atoms with Crippen LogP contribution in [0.2, 0.25) is 0 Å². The van der Waals surface area contributed by atoms with Crippen LogP contribution in [0, 0.1) is 5.92 Å². The maximum absolute atomic E-state index is 11.6. The van der Waals surface area contributed by atoms with Gasteiger partial charge in [0.2, 0.25) is 5.88 Å². The molecule has 0 aromatic carbocycles. The Kier molecular flexibility index (Phi) is 5.11. The molecular formula is C12H17N3O4. The molecule has 3 N–H and O–H groups in total. The van der Waals surface area contributed by atoms with Crippen molar-refractivity contribution >= 4 is 17.7 Å². The number of pyridine rings is 1. The molecule has 2 amide bonds. The molecule has 0 aliphatic rings. The first-order valence-corrected chi connectivity index (χ1v) is 5.74. The molecule has 0 bridgehead atoms. The summed E-state index contributed by atoms with van der Waals surface area (Å²) in [4.78, 5) is 26.5. The first-order valence-electron chi connectivity index (χ1n) is 5.74. The predicted molar refractivity (Wildman–Crippen MR) is 69.2 cm³/mol. The summed E-state index contributed by atoms with van der Waals surface area (Å²) >= 11 is 0. The highest BCUT2D eigenvalue weighted by Crippen LogP contribution is 2.11. The minimum atomic E-state index is -1.07. The molecule has 1 heterocycles. The molecule has 0 radical (unpaired) electrons. The fraction of sp³-hybridized carbons (Fsp3) is 0.417. The molecule has 7 heteroatoms. The van der Waals surface area contributed by atoms with Gasteiger partial charge in [-0.1, -0.05) is 13.8 Å². The van der Waals surface area contributed by atoms with Crippen molar-refractivity contribution in [1.29, 1.82) is 0 Å². The van der Waals surface area contributed by atoms with Crippen LogP contribution in [0.15, 0.2) is 18.3 Å². The number of carboxylic acids is 1. The second-order valence-corrected chi connectivity index (χ2v) is 4.25. The topological polar surface area (TPSA) is 101 Å². The summed E-state index contributed by atoms with van der Waals surface area (Å²) in [6.45, 7) is 3.43. The van der Waals surface area contributed by atoms with E-state index in [9.17, 15) is 9.59 Å². The van der Waals surface area contributed by atoms with Gasteiger partial charge >= 0.3 is 12.0 Å². The van der Waals surface area contributed by atoms with Crippen molar-refractivity contribution in [2.45, 2.75) is 19.9 Å². The lowest BCUT2D eigenvalue weighted by molar-refractivity contribution is -0.140. The lowest BCUT2D eigenvalue weighted by atomic mass is 10.1. The van der Waals surface area contributed by atoms with Gasteiger partial charge in [0.15, 0.2) is 0 Å². The molecule has 19 heavy (non-hydrogen) atoms. The number of methoxy groups -OCH3 is 1. The average Bonchev–Trinajstić information content (AvgIpc) is 2.36. The number of nitrogens with one attached hydrogen (secondary N) is 2. The predicted octanol–water partition coefficient (Wildman–Crippen LogP) is 1.32. The van der Waals surface area contributed by atoms with Gasteiger partial charge in [0.25, 0.3) is 0 Å². The number of hydrogen-bond donors (Lipinski definition) is 3. The van der Waals surface area contributed by atoms with Crippen molar-refractivity contribution in [3.63, 3.8) is 0 Å². The third kappa shape index (κ3) is 4.46. The van der Waals surface area contributed by atoms with Gasteiger partial charge in [-0.2, -0.15) is 0 Å². The number of aliphatic carboxylic acids is 1. The minimum absolute atomic E-state index is 0.211. The molecule has 0 saturated heterocycles. The molecule has 0 aliphatic heterocycles. The third-order valence-corrected chi connectivity index (χ3v) is 2.42. The molecule has 1 aromatic heterocycles. The van der Waals surface area contributed by atoms with Crippen LogP contribution < -0.4 is 15.4 Å². The number of carbonyl (C=O) groups excluding carboxylic acids is 1. The Morgan fingerprint density at radius 3 is 2.47 bits per heavy atom. The molecule has 1 rings (SSSR count). The van der Waals surface area contributed by atoms with Gasteiger partial charge in [-0.15, -0.1) is 0 Å². The van der Waals surface area contributed by atoms with Crippen LogP contribution in [0.5, 0.6) is 5.88 Å². The van der Waals surface area contributed by atoms with E-state index in [0.717, 1.165) is 0 Å². The Balaban J connectivity index is 2.61. The molecule has 0 fully saturated rings. The molecule has 1 atom stereocenters. The van der Waals surface area contributed by atoms with Crippen molar-refractivity contribution < 1.29 is 19.4 Å². The number of carboxylic acid groups (broad SMARTS) is 1. The zero-order valence-corrected chi connectivity index (χ0v) is 11.0. The largest absolute Gasteiger partial charge is 0.481 e. The fourth-order valence-electron chi connectivity index (χ4n) is 1.40. The van der Waals surface area contributed by atoms with E-state index < -0.39 is 18.0 Å². The Morgan fingerprint density at radius 2 is 2.05 bits per heavy atom. The van der Waals surface area contributed by atoms with Gasteiger partial charge in [-0.05, 0) is 12.0 Å². The number of rotatable bonds is 5. The van der Waals surface area contributed by atoms with Crippen LogP contribution in [-0.2, 0) is 4.79 Å². The lowest BCUT2D eigenvalue weighted by Crippen LogP contribution is -2.46. The van der Waals surface area contributed by atoms with E-state index in [4.69, 9.17) is 9.84 Å². The molecular weight excluding hydrogens is 250 g/mol. The number of urea groups is 1. The van der Waals surface area contributed by atoms with E-state index in [2.05, 4.69) is 15.6 Å². The van der Waals surface area contributed by atoms with Crippen LogP contribution in [0.3, 0.4) is 0 Å². The van der Waals surface area contributed by atoms with Crippen LogP contribution >= 0.6 is 0 Å². The monoisotopic (exact) mass is 267 g/mol. The normalized spacial score (nSPS) is 11.8. The van der Waals surface area contributed by atoms with Gasteiger partial charge in [0.1, 0.15) is 6.04 Å². The first kappa shape index (κ1) is 14.7. The third-order valence-electron chi connectivity index (χ3n) is 2.42. The average molecular weight is 267 g/mol. The second kappa shape index (κ2) is 6.58. The van der Waals surface area contributed by atoms with Crippen LogP contribution in [-0.4, -0.2) is 35.2 Å². The number of carbonyl (C=O) groups is 2. The van der Waals surface area contributed by atoms with Crippen molar-refractivity contribution in [3.05, 3.63) is 18.3 Å². The zero-order valence-electron chi connectivity index (χ0n) is 11.0. The van der Waals surface area contributed by atoms with E-state index in [1.54, 1.807) is 26.0 Å². The number of nitrogens with zero attached hydrogens (tertiary/aromatic N) is 1. The number of amides is 2. The smallest absolute Gasteiger partial charge is 0.326 e. The van der Waals surface area contributed by atoms with E-state index in [1.165, 1.54) is 13.3 Å². The number of anilines is 1. The summed E-state index contributed by atoms with van der Waals surface area (Å²) in [5, 5.41) is 13.8. The maximum Gasteiger partial charge on any atom is 0.326 e. The summed E-state index contributed by atoms with van der Waals surface area (Å²) in [5.41, 5.74) is 0.450. The van der Waals surface area contributed by atoms with Crippen LogP contribution in [0.4, 0.5) is 10.5 Å². The van der Waals surface area contributed by atoms with Gasteiger partial charge in [-0.3, -0.25) is 0 Å². The maximum atomic E-state index is 11.6. The summed E-state index contributed by atoms with van der Waals surface area (Å²) < 4.78 is 4.88. The minimum Gasteiger partial charge on any atom is -0.481 e. The Morgan fingerprint density at radius 1 is 1.37 bits per heavy atom. The highest BCUT2D eigenvalue weighted by atomic mass is 16.5.